The Bertz CT molecular complexity index is 486. The number of benzene rings is 1. The lowest BCUT2D eigenvalue weighted by Gasteiger charge is -2.26. The van der Waals surface area contributed by atoms with E-state index in [1.807, 2.05) is 35.2 Å². The van der Waals surface area contributed by atoms with Gasteiger partial charge >= 0.3 is 0 Å². The van der Waals surface area contributed by atoms with Crippen molar-refractivity contribution in [1.82, 2.24) is 15.1 Å². The quantitative estimate of drug-likeness (QED) is 0.869. The fourth-order valence-corrected chi connectivity index (χ4v) is 3.12. The summed E-state index contributed by atoms with van der Waals surface area (Å²) < 4.78 is 0. The summed E-state index contributed by atoms with van der Waals surface area (Å²) in [6, 6.07) is 10.6. The summed E-state index contributed by atoms with van der Waals surface area (Å²) in [6.45, 7) is 3.92. The van der Waals surface area contributed by atoms with Gasteiger partial charge in [-0.1, -0.05) is 37.3 Å². The fraction of sp³-hybridized carbons (Fsp3) is 0.588. The molecule has 0 bridgehead atoms. The standard InChI is InChI=1S/C17H25N3O/c1-3-15-18-16(13-7-5-4-6-8-13)17(21)20(15)12-11-19(2)14-9-10-14/h4-8,14-16,18H,3,9-12H2,1-2H3. The molecular formula is C17H25N3O. The van der Waals surface area contributed by atoms with Gasteiger partial charge in [0.05, 0.1) is 6.17 Å². The number of likely N-dealkylation sites (N-methyl/N-ethyl adjacent to an activating group) is 1. The number of hydrogen-bond donors (Lipinski definition) is 1. The van der Waals surface area contributed by atoms with Crippen molar-refractivity contribution in [3.8, 4) is 0 Å². The third kappa shape index (κ3) is 3.11. The first-order valence-corrected chi connectivity index (χ1v) is 8.02. The fourth-order valence-electron chi connectivity index (χ4n) is 3.12. The molecule has 1 saturated heterocycles. The molecule has 4 heteroatoms. The Morgan fingerprint density at radius 1 is 1.29 bits per heavy atom. The van der Waals surface area contributed by atoms with Crippen LogP contribution in [0.2, 0.25) is 0 Å². The number of nitrogens with zero attached hydrogens (tertiary/aromatic N) is 2. The van der Waals surface area contributed by atoms with Gasteiger partial charge < -0.3 is 9.80 Å². The molecule has 3 rings (SSSR count). The average Bonchev–Trinajstić information content (AvgIpc) is 3.31. The van der Waals surface area contributed by atoms with Crippen LogP contribution in [0.3, 0.4) is 0 Å². The van der Waals surface area contributed by atoms with E-state index in [1.54, 1.807) is 0 Å². The van der Waals surface area contributed by atoms with Crippen molar-refractivity contribution < 1.29 is 4.79 Å². The summed E-state index contributed by atoms with van der Waals surface area (Å²) >= 11 is 0. The zero-order valence-corrected chi connectivity index (χ0v) is 13.0. The van der Waals surface area contributed by atoms with Gasteiger partial charge in [-0.2, -0.15) is 0 Å². The molecule has 0 spiro atoms. The van der Waals surface area contributed by atoms with Crippen molar-refractivity contribution in [3.63, 3.8) is 0 Å². The minimum Gasteiger partial charge on any atom is -0.324 e. The number of amides is 1. The Morgan fingerprint density at radius 2 is 2.00 bits per heavy atom. The molecule has 0 aromatic heterocycles. The lowest BCUT2D eigenvalue weighted by Crippen LogP contribution is -2.41. The molecule has 1 aliphatic heterocycles. The first-order valence-electron chi connectivity index (χ1n) is 8.02. The van der Waals surface area contributed by atoms with Crippen molar-refractivity contribution in [2.45, 2.75) is 44.4 Å². The van der Waals surface area contributed by atoms with Crippen LogP contribution in [0, 0.1) is 0 Å². The second-order valence-corrected chi connectivity index (χ2v) is 6.18. The molecule has 1 saturated carbocycles. The van der Waals surface area contributed by atoms with Crippen LogP contribution in [0.5, 0.6) is 0 Å². The highest BCUT2D eigenvalue weighted by Crippen LogP contribution is 2.27. The molecule has 2 aliphatic rings. The largest absolute Gasteiger partial charge is 0.324 e. The maximum absolute atomic E-state index is 12.7. The van der Waals surface area contributed by atoms with Crippen molar-refractivity contribution >= 4 is 5.91 Å². The van der Waals surface area contributed by atoms with Gasteiger partial charge in [0.1, 0.15) is 6.04 Å². The highest BCUT2D eigenvalue weighted by Gasteiger charge is 2.38. The van der Waals surface area contributed by atoms with E-state index in [2.05, 4.69) is 24.2 Å². The molecule has 2 unspecified atom stereocenters. The van der Waals surface area contributed by atoms with Crippen molar-refractivity contribution in [1.29, 1.82) is 0 Å². The number of nitrogens with one attached hydrogen (secondary N) is 1. The van der Waals surface area contributed by atoms with Crippen molar-refractivity contribution in [2.75, 3.05) is 20.1 Å². The number of rotatable bonds is 6. The zero-order chi connectivity index (χ0) is 14.8. The molecule has 1 heterocycles. The molecule has 1 aromatic rings. The minimum atomic E-state index is -0.178. The van der Waals surface area contributed by atoms with Crippen LogP contribution in [-0.2, 0) is 4.79 Å². The van der Waals surface area contributed by atoms with E-state index in [1.165, 1.54) is 12.8 Å². The molecule has 21 heavy (non-hydrogen) atoms. The summed E-state index contributed by atoms with van der Waals surface area (Å²) in [7, 11) is 2.17. The number of carbonyl (C=O) groups excluding carboxylic acids is 1. The Labute approximate surface area is 127 Å². The maximum atomic E-state index is 12.7. The molecule has 1 N–H and O–H groups in total. The van der Waals surface area contributed by atoms with Crippen molar-refractivity contribution in [2.24, 2.45) is 0 Å². The molecule has 2 atom stereocenters. The van der Waals surface area contributed by atoms with E-state index < -0.39 is 0 Å². The number of carbonyl (C=O) groups is 1. The van der Waals surface area contributed by atoms with E-state index >= 15 is 0 Å². The summed E-state index contributed by atoms with van der Waals surface area (Å²) in [5.74, 6) is 0.220. The van der Waals surface area contributed by atoms with Crippen LogP contribution < -0.4 is 5.32 Å². The summed E-state index contributed by atoms with van der Waals surface area (Å²) in [5.41, 5.74) is 1.07. The van der Waals surface area contributed by atoms with Gasteiger partial charge in [0, 0.05) is 19.1 Å². The highest BCUT2D eigenvalue weighted by atomic mass is 16.2. The average molecular weight is 287 g/mol. The molecule has 2 fully saturated rings. The predicted octanol–water partition coefficient (Wildman–Crippen LogP) is 1.99. The molecule has 1 amide bonds. The maximum Gasteiger partial charge on any atom is 0.245 e. The van der Waals surface area contributed by atoms with Crippen LogP contribution in [0.15, 0.2) is 30.3 Å². The van der Waals surface area contributed by atoms with Gasteiger partial charge in [-0.05, 0) is 31.9 Å². The van der Waals surface area contributed by atoms with Gasteiger partial charge in [0.2, 0.25) is 5.91 Å². The van der Waals surface area contributed by atoms with Gasteiger partial charge in [-0.3, -0.25) is 10.1 Å². The highest BCUT2D eigenvalue weighted by molar-refractivity contribution is 5.85. The van der Waals surface area contributed by atoms with Crippen LogP contribution in [-0.4, -0.2) is 48.1 Å². The monoisotopic (exact) mass is 287 g/mol. The topological polar surface area (TPSA) is 35.6 Å². The van der Waals surface area contributed by atoms with Gasteiger partial charge in [-0.25, -0.2) is 0 Å². The second kappa shape index (κ2) is 6.16. The summed E-state index contributed by atoms with van der Waals surface area (Å²) in [6.07, 6.45) is 3.73. The summed E-state index contributed by atoms with van der Waals surface area (Å²) in [4.78, 5) is 17.1. The normalized spacial score (nSPS) is 25.9. The SMILES string of the molecule is CCC1NC(c2ccccc2)C(=O)N1CCN(C)C1CC1. The first kappa shape index (κ1) is 14.5. The third-order valence-electron chi connectivity index (χ3n) is 4.65. The molecule has 1 aromatic carbocycles. The Kier molecular flexibility index (Phi) is 4.27. The third-order valence-corrected chi connectivity index (χ3v) is 4.65. The second-order valence-electron chi connectivity index (χ2n) is 6.18. The van der Waals surface area contributed by atoms with E-state index in [0.29, 0.717) is 0 Å². The van der Waals surface area contributed by atoms with E-state index in [0.717, 1.165) is 31.1 Å². The van der Waals surface area contributed by atoms with Crippen LogP contribution in [0.4, 0.5) is 0 Å². The van der Waals surface area contributed by atoms with Crippen LogP contribution in [0.25, 0.3) is 0 Å². The van der Waals surface area contributed by atoms with Gasteiger partial charge in [-0.15, -0.1) is 0 Å². The predicted molar refractivity (Wildman–Crippen MR) is 83.8 cm³/mol. The van der Waals surface area contributed by atoms with E-state index in [4.69, 9.17) is 0 Å². The zero-order valence-electron chi connectivity index (χ0n) is 13.0. The lowest BCUT2D eigenvalue weighted by atomic mass is 10.1. The Balaban J connectivity index is 1.66. The smallest absolute Gasteiger partial charge is 0.245 e. The minimum absolute atomic E-state index is 0.162. The molecule has 1 aliphatic carbocycles. The lowest BCUT2D eigenvalue weighted by molar-refractivity contribution is -0.130. The van der Waals surface area contributed by atoms with E-state index in [-0.39, 0.29) is 18.1 Å². The van der Waals surface area contributed by atoms with Gasteiger partial charge in [0.15, 0.2) is 0 Å². The van der Waals surface area contributed by atoms with Crippen LogP contribution in [0.1, 0.15) is 37.8 Å². The Hall–Kier alpha value is -1.39. The molecule has 4 nitrogen and oxygen atoms in total. The molecular weight excluding hydrogens is 262 g/mol. The van der Waals surface area contributed by atoms with Crippen molar-refractivity contribution in [3.05, 3.63) is 35.9 Å². The molecule has 114 valence electrons. The first-order chi connectivity index (χ1) is 10.2. The molecule has 0 radical (unpaired) electrons. The Morgan fingerprint density at radius 3 is 2.62 bits per heavy atom. The van der Waals surface area contributed by atoms with E-state index in [9.17, 15) is 4.79 Å². The number of hydrogen-bond acceptors (Lipinski definition) is 3. The summed E-state index contributed by atoms with van der Waals surface area (Å²) in [5, 5.41) is 3.48. The van der Waals surface area contributed by atoms with Gasteiger partial charge in [0.25, 0.3) is 0 Å². The van der Waals surface area contributed by atoms with Crippen LogP contribution >= 0.6 is 0 Å².